The van der Waals surface area contributed by atoms with E-state index in [-0.39, 0.29) is 5.56 Å². The third kappa shape index (κ3) is 2.26. The summed E-state index contributed by atoms with van der Waals surface area (Å²) in [7, 11) is 0. The van der Waals surface area contributed by atoms with E-state index in [1.165, 1.54) is 12.1 Å². The first-order chi connectivity index (χ1) is 12.8. The number of nitriles is 3. The van der Waals surface area contributed by atoms with Crippen LogP contribution in [0.3, 0.4) is 0 Å². The summed E-state index contributed by atoms with van der Waals surface area (Å²) in [5, 5.41) is 38.5. The van der Waals surface area contributed by atoms with Crippen LogP contribution >= 0.6 is 15.9 Å². The first-order valence-electron chi connectivity index (χ1n) is 8.40. The molecule has 27 heavy (non-hydrogen) atoms. The molecule has 2 fully saturated rings. The quantitative estimate of drug-likeness (QED) is 0.765. The SMILES string of the molecule is CCCC1C2(C)OC(=N)C1(C#N)C(C#N)(C#N)C(c1ccc(Br)cc1F)O2. The summed E-state index contributed by atoms with van der Waals surface area (Å²) in [4.78, 5) is 0. The maximum atomic E-state index is 14.7. The lowest BCUT2D eigenvalue weighted by Gasteiger charge is -2.48. The lowest BCUT2D eigenvalue weighted by molar-refractivity contribution is -0.274. The van der Waals surface area contributed by atoms with E-state index in [0.717, 1.165) is 0 Å². The molecule has 2 heterocycles. The summed E-state index contributed by atoms with van der Waals surface area (Å²) < 4.78 is 26.8. The number of hydrogen-bond donors (Lipinski definition) is 1. The van der Waals surface area contributed by atoms with Gasteiger partial charge in [-0.1, -0.05) is 35.3 Å². The van der Waals surface area contributed by atoms with Crippen molar-refractivity contribution in [3.8, 4) is 18.2 Å². The molecule has 4 unspecified atom stereocenters. The van der Waals surface area contributed by atoms with Crippen LogP contribution in [0.25, 0.3) is 0 Å². The Morgan fingerprint density at radius 2 is 1.93 bits per heavy atom. The summed E-state index contributed by atoms with van der Waals surface area (Å²) in [5.41, 5.74) is -4.02. The van der Waals surface area contributed by atoms with Crippen molar-refractivity contribution in [3.63, 3.8) is 0 Å². The van der Waals surface area contributed by atoms with Crippen LogP contribution in [0, 0.1) is 62.0 Å². The number of hydrogen-bond acceptors (Lipinski definition) is 6. The van der Waals surface area contributed by atoms with E-state index in [1.807, 2.05) is 25.1 Å². The van der Waals surface area contributed by atoms with E-state index in [0.29, 0.717) is 17.3 Å². The van der Waals surface area contributed by atoms with Crippen LogP contribution in [-0.2, 0) is 9.47 Å². The Kier molecular flexibility index (Phi) is 4.50. The number of nitrogens with zero attached hydrogens (tertiary/aromatic N) is 3. The molecule has 1 aromatic rings. The highest BCUT2D eigenvalue weighted by Crippen LogP contribution is 2.67. The third-order valence-electron chi connectivity index (χ3n) is 5.54. The normalized spacial score (nSPS) is 33.4. The number of benzene rings is 1. The average Bonchev–Trinajstić information content (AvgIpc) is 2.79. The number of halogens is 2. The molecule has 0 aromatic heterocycles. The first-order valence-corrected chi connectivity index (χ1v) is 9.20. The van der Waals surface area contributed by atoms with Gasteiger partial charge in [0.05, 0.1) is 24.1 Å². The molecule has 2 aliphatic heterocycles. The highest BCUT2D eigenvalue weighted by Gasteiger charge is 2.79. The molecule has 4 atom stereocenters. The van der Waals surface area contributed by atoms with Gasteiger partial charge in [-0.2, -0.15) is 15.8 Å². The van der Waals surface area contributed by atoms with Crippen LogP contribution in [0.15, 0.2) is 22.7 Å². The Balaban J connectivity index is 2.34. The second-order valence-corrected chi connectivity index (χ2v) is 7.82. The van der Waals surface area contributed by atoms with Crippen LogP contribution in [0.5, 0.6) is 0 Å². The van der Waals surface area contributed by atoms with Crippen LogP contribution in [0.2, 0.25) is 0 Å². The molecular weight excluding hydrogens is 415 g/mol. The van der Waals surface area contributed by atoms with Crippen molar-refractivity contribution < 1.29 is 13.9 Å². The van der Waals surface area contributed by atoms with Gasteiger partial charge in [-0.05, 0) is 18.6 Å². The molecule has 2 bridgehead atoms. The van der Waals surface area contributed by atoms with Crippen molar-refractivity contribution in [2.45, 2.75) is 38.6 Å². The van der Waals surface area contributed by atoms with Crippen LogP contribution in [0.1, 0.15) is 38.4 Å². The van der Waals surface area contributed by atoms with Gasteiger partial charge >= 0.3 is 0 Å². The molecule has 0 aliphatic carbocycles. The fourth-order valence-electron chi connectivity index (χ4n) is 4.31. The van der Waals surface area contributed by atoms with Gasteiger partial charge in [0, 0.05) is 17.0 Å². The maximum Gasteiger partial charge on any atom is 0.214 e. The molecular formula is C19H16BrFN4O2. The third-order valence-corrected chi connectivity index (χ3v) is 6.03. The van der Waals surface area contributed by atoms with Crippen molar-refractivity contribution >= 4 is 21.8 Å². The number of ether oxygens (including phenoxy) is 2. The summed E-state index contributed by atoms with van der Waals surface area (Å²) in [6, 6.07) is 10.0. The van der Waals surface area contributed by atoms with Crippen molar-refractivity contribution in [1.29, 1.82) is 21.2 Å². The zero-order valence-electron chi connectivity index (χ0n) is 14.7. The van der Waals surface area contributed by atoms with Crippen molar-refractivity contribution in [1.82, 2.24) is 0 Å². The lowest BCUT2D eigenvalue weighted by Crippen LogP contribution is -2.58. The fraction of sp³-hybridized carbons (Fsp3) is 0.474. The van der Waals surface area contributed by atoms with Gasteiger partial charge < -0.3 is 9.47 Å². The van der Waals surface area contributed by atoms with E-state index in [1.54, 1.807) is 13.0 Å². The number of rotatable bonds is 3. The molecule has 6 nitrogen and oxygen atoms in total. The minimum Gasteiger partial charge on any atom is -0.448 e. The second-order valence-electron chi connectivity index (χ2n) is 6.90. The van der Waals surface area contributed by atoms with E-state index in [2.05, 4.69) is 15.9 Å². The van der Waals surface area contributed by atoms with E-state index in [4.69, 9.17) is 14.9 Å². The summed E-state index contributed by atoms with van der Waals surface area (Å²) in [6.07, 6.45) is -0.345. The van der Waals surface area contributed by atoms with E-state index >= 15 is 0 Å². The van der Waals surface area contributed by atoms with E-state index < -0.39 is 40.4 Å². The monoisotopic (exact) mass is 430 g/mol. The Hall–Kier alpha value is -2.47. The molecule has 1 aromatic carbocycles. The zero-order chi connectivity index (χ0) is 20.0. The van der Waals surface area contributed by atoms with Crippen LogP contribution in [0.4, 0.5) is 4.39 Å². The summed E-state index contributed by atoms with van der Waals surface area (Å²) in [5.74, 6) is -3.28. The van der Waals surface area contributed by atoms with Crippen LogP contribution < -0.4 is 0 Å². The molecule has 0 saturated carbocycles. The number of fused-ring (bicyclic) bond motifs is 2. The number of nitrogens with one attached hydrogen (secondary N) is 1. The smallest absolute Gasteiger partial charge is 0.214 e. The molecule has 3 rings (SSSR count). The average molecular weight is 431 g/mol. The Labute approximate surface area is 164 Å². The standard InChI is InChI=1S/C19H16BrFN4O2/c1-3-4-14-17(2)26-15(12-6-5-11(20)7-13(12)21)18(8-22,9-23)19(14,10-24)16(25)27-17/h5-7,14-15,25H,3-4H2,1-2H3. The fourth-order valence-corrected chi connectivity index (χ4v) is 4.64. The predicted octanol–water partition coefficient (Wildman–Crippen LogP) is 4.34. The molecule has 2 aliphatic rings. The lowest BCUT2D eigenvalue weighted by atomic mass is 9.53. The maximum absolute atomic E-state index is 14.7. The zero-order valence-corrected chi connectivity index (χ0v) is 16.3. The van der Waals surface area contributed by atoms with Gasteiger partial charge in [0.25, 0.3) is 0 Å². The molecule has 0 amide bonds. The van der Waals surface area contributed by atoms with Crippen LogP contribution in [-0.4, -0.2) is 11.7 Å². The molecule has 0 spiro atoms. The van der Waals surface area contributed by atoms with Gasteiger partial charge in [0.1, 0.15) is 11.9 Å². The minimum atomic E-state index is -2.14. The Bertz CT molecular complexity index is 932. The summed E-state index contributed by atoms with van der Waals surface area (Å²) in [6.45, 7) is 3.46. The second kappa shape index (κ2) is 6.30. The molecule has 0 radical (unpaired) electrons. The summed E-state index contributed by atoms with van der Waals surface area (Å²) >= 11 is 3.17. The van der Waals surface area contributed by atoms with Gasteiger partial charge in [0.15, 0.2) is 5.41 Å². The van der Waals surface area contributed by atoms with Gasteiger partial charge in [-0.15, -0.1) is 0 Å². The molecule has 138 valence electrons. The Morgan fingerprint density at radius 1 is 1.26 bits per heavy atom. The molecule has 1 N–H and O–H groups in total. The van der Waals surface area contributed by atoms with E-state index in [9.17, 15) is 20.2 Å². The highest BCUT2D eigenvalue weighted by molar-refractivity contribution is 9.10. The van der Waals surface area contributed by atoms with Crippen molar-refractivity contribution in [2.24, 2.45) is 16.7 Å². The molecule has 2 saturated heterocycles. The molecule has 8 heteroatoms. The highest BCUT2D eigenvalue weighted by atomic mass is 79.9. The van der Waals surface area contributed by atoms with Crippen molar-refractivity contribution in [3.05, 3.63) is 34.1 Å². The van der Waals surface area contributed by atoms with Gasteiger partial charge in [0.2, 0.25) is 17.1 Å². The minimum absolute atomic E-state index is 0.0274. The van der Waals surface area contributed by atoms with Gasteiger partial charge in [-0.3, -0.25) is 5.41 Å². The topological polar surface area (TPSA) is 114 Å². The largest absolute Gasteiger partial charge is 0.448 e. The predicted molar refractivity (Wildman–Crippen MR) is 95.2 cm³/mol. The Morgan fingerprint density at radius 3 is 2.44 bits per heavy atom. The van der Waals surface area contributed by atoms with Gasteiger partial charge in [-0.25, -0.2) is 4.39 Å². The first kappa shape index (κ1) is 19.3. The van der Waals surface area contributed by atoms with Crippen molar-refractivity contribution in [2.75, 3.05) is 0 Å².